The van der Waals surface area contributed by atoms with Crippen LogP contribution in [0.5, 0.6) is 0 Å². The van der Waals surface area contributed by atoms with Crippen LogP contribution < -0.4 is 4.72 Å². The minimum atomic E-state index is -3.74. The number of carbonyl (C=O) groups is 1. The Bertz CT molecular complexity index is 552. The highest BCUT2D eigenvalue weighted by atomic mass is 32.2. The third-order valence-corrected chi connectivity index (χ3v) is 4.18. The predicted molar refractivity (Wildman–Crippen MR) is 81.2 cm³/mol. The smallest absolute Gasteiger partial charge is 0.324 e. The van der Waals surface area contributed by atoms with Crippen LogP contribution >= 0.6 is 0 Å². The summed E-state index contributed by atoms with van der Waals surface area (Å²) in [5.41, 5.74) is 0. The molecular weight excluding hydrogens is 290 g/mol. The van der Waals surface area contributed by atoms with Gasteiger partial charge in [-0.3, -0.25) is 4.79 Å². The first-order valence-corrected chi connectivity index (χ1v) is 8.48. The third kappa shape index (κ3) is 5.85. The van der Waals surface area contributed by atoms with Gasteiger partial charge in [-0.1, -0.05) is 32.0 Å². The van der Waals surface area contributed by atoms with Crippen LogP contribution in [0.1, 0.15) is 34.1 Å². The molecule has 1 N–H and O–H groups in total. The number of ether oxygens (including phenoxy) is 1. The summed E-state index contributed by atoms with van der Waals surface area (Å²) in [4.78, 5) is 12.2. The van der Waals surface area contributed by atoms with E-state index in [1.807, 2.05) is 13.8 Å². The number of benzene rings is 1. The van der Waals surface area contributed by atoms with E-state index in [1.54, 1.807) is 32.0 Å². The second kappa shape index (κ2) is 7.56. The van der Waals surface area contributed by atoms with Gasteiger partial charge in [0.05, 0.1) is 11.0 Å². The zero-order valence-corrected chi connectivity index (χ0v) is 13.7. The van der Waals surface area contributed by atoms with E-state index in [-0.39, 0.29) is 16.9 Å². The largest absolute Gasteiger partial charge is 0.462 e. The van der Waals surface area contributed by atoms with Crippen molar-refractivity contribution in [1.82, 2.24) is 4.72 Å². The molecule has 0 unspecified atom stereocenters. The molecule has 1 atom stereocenters. The van der Waals surface area contributed by atoms with Crippen molar-refractivity contribution in [3.05, 3.63) is 30.3 Å². The molecule has 0 spiro atoms. The van der Waals surface area contributed by atoms with E-state index in [9.17, 15) is 13.2 Å². The summed E-state index contributed by atoms with van der Waals surface area (Å²) < 4.78 is 32.2. The fourth-order valence-electron chi connectivity index (χ4n) is 1.83. The van der Waals surface area contributed by atoms with Gasteiger partial charge in [0.1, 0.15) is 6.04 Å². The molecule has 0 fully saturated rings. The lowest BCUT2D eigenvalue weighted by atomic mass is 10.0. The van der Waals surface area contributed by atoms with Crippen LogP contribution in [0.3, 0.4) is 0 Å². The zero-order valence-electron chi connectivity index (χ0n) is 12.9. The Morgan fingerprint density at radius 2 is 1.71 bits per heavy atom. The molecule has 1 aromatic rings. The molecule has 0 saturated heterocycles. The summed E-state index contributed by atoms with van der Waals surface area (Å²) >= 11 is 0. The highest BCUT2D eigenvalue weighted by molar-refractivity contribution is 7.89. The maximum absolute atomic E-state index is 12.3. The molecule has 6 heteroatoms. The van der Waals surface area contributed by atoms with Crippen molar-refractivity contribution in [2.75, 3.05) is 0 Å². The maximum atomic E-state index is 12.3. The van der Waals surface area contributed by atoms with Gasteiger partial charge in [0, 0.05) is 0 Å². The first kappa shape index (κ1) is 17.7. The van der Waals surface area contributed by atoms with Crippen molar-refractivity contribution in [1.29, 1.82) is 0 Å². The van der Waals surface area contributed by atoms with Gasteiger partial charge in [-0.15, -0.1) is 0 Å². The van der Waals surface area contributed by atoms with Gasteiger partial charge >= 0.3 is 5.97 Å². The minimum absolute atomic E-state index is 0.135. The van der Waals surface area contributed by atoms with Crippen molar-refractivity contribution in [2.45, 2.75) is 51.2 Å². The Labute approximate surface area is 126 Å². The van der Waals surface area contributed by atoms with Crippen LogP contribution in [0, 0.1) is 5.92 Å². The molecule has 0 radical (unpaired) electrons. The first-order chi connectivity index (χ1) is 9.72. The molecule has 0 saturated carbocycles. The van der Waals surface area contributed by atoms with E-state index in [1.165, 1.54) is 12.1 Å². The molecule has 0 bridgehead atoms. The zero-order chi connectivity index (χ0) is 16.0. The molecule has 0 aliphatic carbocycles. The summed E-state index contributed by atoms with van der Waals surface area (Å²) in [6.45, 7) is 7.31. The van der Waals surface area contributed by atoms with Crippen molar-refractivity contribution in [3.63, 3.8) is 0 Å². The van der Waals surface area contributed by atoms with Gasteiger partial charge < -0.3 is 4.74 Å². The molecule has 0 aliphatic heterocycles. The SMILES string of the molecule is CC(C)C[C@H](NS(=O)(=O)c1ccccc1)C(=O)OC(C)C. The number of hydrogen-bond acceptors (Lipinski definition) is 4. The summed E-state index contributed by atoms with van der Waals surface area (Å²) in [5.74, 6) is -0.383. The van der Waals surface area contributed by atoms with Gasteiger partial charge in [-0.2, -0.15) is 4.72 Å². The number of nitrogens with one attached hydrogen (secondary N) is 1. The van der Waals surface area contributed by atoms with Crippen molar-refractivity contribution in [3.8, 4) is 0 Å². The lowest BCUT2D eigenvalue weighted by molar-refractivity contribution is -0.149. The predicted octanol–water partition coefficient (Wildman–Crippen LogP) is 2.33. The molecule has 21 heavy (non-hydrogen) atoms. The van der Waals surface area contributed by atoms with Crippen LogP contribution in [0.4, 0.5) is 0 Å². The average Bonchev–Trinajstić information content (AvgIpc) is 2.37. The standard InChI is InChI=1S/C15H23NO4S/c1-11(2)10-14(15(17)20-12(3)4)16-21(18,19)13-8-6-5-7-9-13/h5-9,11-12,14,16H,10H2,1-4H3/t14-/m0/s1. The molecule has 1 rings (SSSR count). The summed E-state index contributed by atoms with van der Waals surface area (Å²) in [6.07, 6.45) is 0.103. The van der Waals surface area contributed by atoms with Crippen LogP contribution in [0.25, 0.3) is 0 Å². The summed E-state index contributed by atoms with van der Waals surface area (Å²) in [5, 5.41) is 0. The molecule has 1 aromatic carbocycles. The Balaban J connectivity index is 2.93. The summed E-state index contributed by atoms with van der Waals surface area (Å²) in [7, 11) is -3.74. The van der Waals surface area contributed by atoms with Gasteiger partial charge in [0.25, 0.3) is 0 Å². The highest BCUT2D eigenvalue weighted by Gasteiger charge is 2.28. The molecule has 0 heterocycles. The van der Waals surface area contributed by atoms with Crippen LogP contribution in [-0.2, 0) is 19.6 Å². The van der Waals surface area contributed by atoms with Crippen LogP contribution in [0.2, 0.25) is 0 Å². The lowest BCUT2D eigenvalue weighted by Gasteiger charge is -2.20. The second-order valence-electron chi connectivity index (χ2n) is 5.60. The topological polar surface area (TPSA) is 72.5 Å². The van der Waals surface area contributed by atoms with E-state index >= 15 is 0 Å². The Morgan fingerprint density at radius 3 is 2.19 bits per heavy atom. The van der Waals surface area contributed by atoms with E-state index < -0.39 is 22.0 Å². The quantitative estimate of drug-likeness (QED) is 0.784. The number of sulfonamides is 1. The van der Waals surface area contributed by atoms with E-state index in [0.29, 0.717) is 6.42 Å². The molecule has 0 aromatic heterocycles. The first-order valence-electron chi connectivity index (χ1n) is 7.00. The minimum Gasteiger partial charge on any atom is -0.462 e. The Hall–Kier alpha value is -1.40. The monoisotopic (exact) mass is 313 g/mol. The number of esters is 1. The molecule has 0 amide bonds. The molecule has 0 aliphatic rings. The number of rotatable bonds is 7. The molecular formula is C15H23NO4S. The third-order valence-electron chi connectivity index (χ3n) is 2.69. The fraction of sp³-hybridized carbons (Fsp3) is 0.533. The Kier molecular flexibility index (Phi) is 6.36. The van der Waals surface area contributed by atoms with Crippen molar-refractivity contribution in [2.24, 2.45) is 5.92 Å². The van der Waals surface area contributed by atoms with Gasteiger partial charge in [0.2, 0.25) is 10.0 Å². The van der Waals surface area contributed by atoms with E-state index in [2.05, 4.69) is 4.72 Å². The van der Waals surface area contributed by atoms with Crippen LogP contribution in [0.15, 0.2) is 35.2 Å². The molecule has 118 valence electrons. The van der Waals surface area contributed by atoms with E-state index in [0.717, 1.165) is 0 Å². The van der Waals surface area contributed by atoms with E-state index in [4.69, 9.17) is 4.74 Å². The second-order valence-corrected chi connectivity index (χ2v) is 7.32. The molecule has 5 nitrogen and oxygen atoms in total. The van der Waals surface area contributed by atoms with Gasteiger partial charge in [-0.05, 0) is 38.3 Å². The normalized spacial score (nSPS) is 13.4. The number of hydrogen-bond donors (Lipinski definition) is 1. The van der Waals surface area contributed by atoms with Crippen molar-refractivity contribution < 1.29 is 17.9 Å². The highest BCUT2D eigenvalue weighted by Crippen LogP contribution is 2.13. The summed E-state index contributed by atoms with van der Waals surface area (Å²) in [6, 6.07) is 7.11. The van der Waals surface area contributed by atoms with Gasteiger partial charge in [-0.25, -0.2) is 8.42 Å². The average molecular weight is 313 g/mol. The lowest BCUT2D eigenvalue weighted by Crippen LogP contribution is -2.43. The fourth-order valence-corrected chi connectivity index (χ4v) is 3.05. The van der Waals surface area contributed by atoms with Gasteiger partial charge in [0.15, 0.2) is 0 Å². The van der Waals surface area contributed by atoms with Crippen LogP contribution in [-0.4, -0.2) is 26.5 Å². The number of carbonyl (C=O) groups excluding carboxylic acids is 1. The Morgan fingerprint density at radius 1 is 1.14 bits per heavy atom. The maximum Gasteiger partial charge on any atom is 0.324 e. The van der Waals surface area contributed by atoms with Crippen molar-refractivity contribution >= 4 is 16.0 Å².